The Morgan fingerprint density at radius 3 is 2.57 bits per heavy atom. The van der Waals surface area contributed by atoms with E-state index in [9.17, 15) is 14.9 Å². The van der Waals surface area contributed by atoms with Crippen molar-refractivity contribution in [3.8, 4) is 0 Å². The molecule has 0 spiro atoms. The molecule has 118 valence electrons. The second-order valence-corrected chi connectivity index (χ2v) is 5.82. The summed E-state index contributed by atoms with van der Waals surface area (Å²) < 4.78 is 0. The van der Waals surface area contributed by atoms with E-state index in [0.29, 0.717) is 18.7 Å². The highest BCUT2D eigenvalue weighted by atomic mass is 35.5. The number of hydrogen-bond donors (Lipinski definition) is 1. The van der Waals surface area contributed by atoms with Crippen molar-refractivity contribution in [1.82, 2.24) is 0 Å². The molecule has 0 radical (unpaired) electrons. The first-order valence-corrected chi connectivity index (χ1v) is 7.42. The molecule has 2 aromatic rings. The van der Waals surface area contributed by atoms with Crippen LogP contribution in [0.3, 0.4) is 0 Å². The molecule has 0 unspecified atom stereocenters. The van der Waals surface area contributed by atoms with Crippen LogP contribution in [0.4, 0.5) is 11.4 Å². The number of carbonyl (C=O) groups is 1. The molecule has 7 heteroatoms. The summed E-state index contributed by atoms with van der Waals surface area (Å²) in [6.07, 6.45) is 0.485. The van der Waals surface area contributed by atoms with E-state index in [1.165, 1.54) is 12.1 Å². The van der Waals surface area contributed by atoms with Crippen molar-refractivity contribution in [3.63, 3.8) is 0 Å². The number of nitrogens with zero attached hydrogens (tertiary/aromatic N) is 2. The lowest BCUT2D eigenvalue weighted by Gasteiger charge is -2.37. The second kappa shape index (κ2) is 5.89. The minimum absolute atomic E-state index is 0.0909. The number of nitro groups is 1. The molecule has 1 atom stereocenters. The Balaban J connectivity index is 2.03. The number of anilines is 1. The number of carbonyl (C=O) groups excluding carboxylic acids is 1. The van der Waals surface area contributed by atoms with Crippen molar-refractivity contribution in [1.29, 1.82) is 0 Å². The molecular weight excluding hydrogens is 318 g/mol. The minimum atomic E-state index is -0.538. The number of fused-ring (bicyclic) bond motifs is 1. The van der Waals surface area contributed by atoms with Gasteiger partial charge in [-0.05, 0) is 17.2 Å². The van der Waals surface area contributed by atoms with Crippen LogP contribution in [-0.4, -0.2) is 16.9 Å². The molecule has 0 fully saturated rings. The molecule has 0 saturated carbocycles. The predicted molar refractivity (Wildman–Crippen MR) is 87.4 cm³/mol. The normalized spacial score (nSPS) is 16.7. The zero-order chi connectivity index (χ0) is 16.6. The quantitative estimate of drug-likeness (QED) is 0.691. The predicted octanol–water partition coefficient (Wildman–Crippen LogP) is 2.66. The van der Waals surface area contributed by atoms with Crippen LogP contribution in [0.25, 0.3) is 0 Å². The fraction of sp³-hybridized carbons (Fsp3) is 0.188. The number of hydrogen-bond acceptors (Lipinski definition) is 4. The van der Waals surface area contributed by atoms with E-state index in [0.717, 1.165) is 11.1 Å². The lowest BCUT2D eigenvalue weighted by atomic mass is 9.93. The van der Waals surface area contributed by atoms with E-state index in [1.807, 2.05) is 24.3 Å². The molecule has 3 rings (SSSR count). The molecule has 6 nitrogen and oxygen atoms in total. The molecule has 0 aromatic heterocycles. The van der Waals surface area contributed by atoms with E-state index >= 15 is 0 Å². The number of rotatable bonds is 3. The summed E-state index contributed by atoms with van der Waals surface area (Å²) in [5.41, 5.74) is 8.18. The van der Waals surface area contributed by atoms with Crippen molar-refractivity contribution in [2.75, 3.05) is 4.90 Å². The third kappa shape index (κ3) is 2.85. The summed E-state index contributed by atoms with van der Waals surface area (Å²) in [6.45, 7) is 0.474. The lowest BCUT2D eigenvalue weighted by molar-refractivity contribution is -0.384. The van der Waals surface area contributed by atoms with Crippen molar-refractivity contribution >= 4 is 28.9 Å². The first-order valence-electron chi connectivity index (χ1n) is 7.04. The standard InChI is InChI=1S/C16H14ClN3O3/c17-13-8-12(20(22)23)5-6-14(13)19-9-11-4-2-1-3-10(11)7-15(19)16(18)21/h1-6,8,15H,7,9H2,(H2,18,21)/t15-/m0/s1. The van der Waals surface area contributed by atoms with Crippen LogP contribution in [0.5, 0.6) is 0 Å². The number of halogens is 1. The summed E-state index contributed by atoms with van der Waals surface area (Å²) in [5.74, 6) is -0.450. The van der Waals surface area contributed by atoms with Crippen LogP contribution < -0.4 is 10.6 Å². The number of non-ortho nitro benzene ring substituents is 1. The van der Waals surface area contributed by atoms with Gasteiger partial charge in [-0.2, -0.15) is 0 Å². The molecule has 23 heavy (non-hydrogen) atoms. The van der Waals surface area contributed by atoms with Gasteiger partial charge in [-0.1, -0.05) is 35.9 Å². The van der Waals surface area contributed by atoms with Crippen LogP contribution in [0.1, 0.15) is 11.1 Å². The fourth-order valence-corrected chi connectivity index (χ4v) is 3.16. The van der Waals surface area contributed by atoms with Gasteiger partial charge in [0.2, 0.25) is 5.91 Å². The van der Waals surface area contributed by atoms with Gasteiger partial charge in [-0.25, -0.2) is 0 Å². The van der Waals surface area contributed by atoms with E-state index in [2.05, 4.69) is 0 Å². The average Bonchev–Trinajstić information content (AvgIpc) is 2.53. The first kappa shape index (κ1) is 15.3. The Labute approximate surface area is 137 Å². The summed E-state index contributed by atoms with van der Waals surface area (Å²) in [7, 11) is 0. The van der Waals surface area contributed by atoms with Crippen molar-refractivity contribution < 1.29 is 9.72 Å². The fourth-order valence-electron chi connectivity index (χ4n) is 2.87. The van der Waals surface area contributed by atoms with E-state index in [4.69, 9.17) is 17.3 Å². The SMILES string of the molecule is NC(=O)[C@@H]1Cc2ccccc2CN1c1ccc([N+](=O)[O-])cc1Cl. The van der Waals surface area contributed by atoms with E-state index in [1.54, 1.807) is 11.0 Å². The second-order valence-electron chi connectivity index (χ2n) is 5.41. The maximum absolute atomic E-state index is 11.9. The Morgan fingerprint density at radius 1 is 1.26 bits per heavy atom. The average molecular weight is 332 g/mol. The molecule has 0 bridgehead atoms. The number of amides is 1. The van der Waals surface area contributed by atoms with Crippen LogP contribution in [0.2, 0.25) is 5.02 Å². The van der Waals surface area contributed by atoms with Gasteiger partial charge in [0.25, 0.3) is 5.69 Å². The van der Waals surface area contributed by atoms with Crippen molar-refractivity contribution in [2.45, 2.75) is 19.0 Å². The van der Waals surface area contributed by atoms with E-state index in [-0.39, 0.29) is 10.7 Å². The van der Waals surface area contributed by atoms with Crippen molar-refractivity contribution in [2.24, 2.45) is 5.73 Å². The molecule has 1 heterocycles. The molecule has 2 aromatic carbocycles. The summed E-state index contributed by atoms with van der Waals surface area (Å²) in [6, 6.07) is 11.5. The zero-order valence-corrected chi connectivity index (χ0v) is 12.9. The molecule has 0 saturated heterocycles. The van der Waals surface area contributed by atoms with Gasteiger partial charge in [-0.15, -0.1) is 0 Å². The Bertz CT molecular complexity index is 794. The molecule has 2 N–H and O–H groups in total. The topological polar surface area (TPSA) is 89.5 Å². The number of nitro benzene ring substituents is 1. The summed E-state index contributed by atoms with van der Waals surface area (Å²) >= 11 is 6.21. The lowest BCUT2D eigenvalue weighted by Crippen LogP contribution is -2.48. The van der Waals surface area contributed by atoms with Gasteiger partial charge in [0.1, 0.15) is 6.04 Å². The highest BCUT2D eigenvalue weighted by Crippen LogP contribution is 2.35. The van der Waals surface area contributed by atoms with Crippen LogP contribution in [-0.2, 0) is 17.8 Å². The monoisotopic (exact) mass is 331 g/mol. The minimum Gasteiger partial charge on any atom is -0.368 e. The smallest absolute Gasteiger partial charge is 0.271 e. The summed E-state index contributed by atoms with van der Waals surface area (Å²) in [5, 5.41) is 11.1. The van der Waals surface area contributed by atoms with Gasteiger partial charge < -0.3 is 10.6 Å². The van der Waals surface area contributed by atoms with Gasteiger partial charge in [0, 0.05) is 25.1 Å². The van der Waals surface area contributed by atoms with Crippen LogP contribution >= 0.6 is 11.6 Å². The van der Waals surface area contributed by atoms with Crippen molar-refractivity contribution in [3.05, 3.63) is 68.7 Å². The third-order valence-electron chi connectivity index (χ3n) is 4.03. The highest BCUT2D eigenvalue weighted by molar-refractivity contribution is 6.33. The maximum atomic E-state index is 11.9. The molecule has 1 aliphatic heterocycles. The third-order valence-corrected chi connectivity index (χ3v) is 4.33. The first-order chi connectivity index (χ1) is 11.0. The van der Waals surface area contributed by atoms with E-state index < -0.39 is 16.9 Å². The molecular formula is C16H14ClN3O3. The molecule has 0 aliphatic carbocycles. The van der Waals surface area contributed by atoms with Gasteiger partial charge in [-0.3, -0.25) is 14.9 Å². The maximum Gasteiger partial charge on any atom is 0.271 e. The van der Waals surface area contributed by atoms with Gasteiger partial charge in [0.15, 0.2) is 0 Å². The summed E-state index contributed by atoms with van der Waals surface area (Å²) in [4.78, 5) is 24.0. The zero-order valence-electron chi connectivity index (χ0n) is 12.1. The van der Waals surface area contributed by atoms with Crippen LogP contribution in [0, 0.1) is 10.1 Å². The van der Waals surface area contributed by atoms with Gasteiger partial charge >= 0.3 is 0 Å². The number of benzene rings is 2. The molecule has 1 amide bonds. The number of nitrogens with two attached hydrogens (primary N) is 1. The Morgan fingerprint density at radius 2 is 1.96 bits per heavy atom. The molecule has 1 aliphatic rings. The Hall–Kier alpha value is -2.60. The van der Waals surface area contributed by atoms with Crippen LogP contribution in [0.15, 0.2) is 42.5 Å². The van der Waals surface area contributed by atoms with Gasteiger partial charge in [0.05, 0.1) is 15.6 Å². The Kier molecular flexibility index (Phi) is 3.92. The largest absolute Gasteiger partial charge is 0.368 e. The number of primary amides is 1. The highest BCUT2D eigenvalue weighted by Gasteiger charge is 2.31.